The Labute approximate surface area is 134 Å². The third-order valence-corrected chi connectivity index (χ3v) is 2.91. The Kier molecular flexibility index (Phi) is 9.84. The first-order valence-electron chi connectivity index (χ1n) is 7.17. The second-order valence-corrected chi connectivity index (χ2v) is 5.53. The van der Waals surface area contributed by atoms with Crippen LogP contribution in [0.3, 0.4) is 0 Å². The molecule has 1 aromatic carbocycles. The van der Waals surface area contributed by atoms with Crippen molar-refractivity contribution in [2.45, 2.75) is 27.3 Å². The molecule has 1 rings (SSSR count). The van der Waals surface area contributed by atoms with Gasteiger partial charge in [0.05, 0.1) is 6.61 Å². The normalized spacial score (nSPS) is 11.7. The van der Waals surface area contributed by atoms with Gasteiger partial charge in [-0.05, 0) is 30.7 Å². The van der Waals surface area contributed by atoms with Crippen molar-refractivity contribution < 1.29 is 9.53 Å². The van der Waals surface area contributed by atoms with Crippen LogP contribution in [0.25, 0.3) is 0 Å². The fourth-order valence-electron chi connectivity index (χ4n) is 1.77. The molecule has 1 aromatic rings. The van der Waals surface area contributed by atoms with Crippen molar-refractivity contribution in [1.29, 1.82) is 0 Å². The van der Waals surface area contributed by atoms with Gasteiger partial charge in [-0.2, -0.15) is 0 Å². The molecule has 0 saturated heterocycles. The number of nitrogens with one attached hydrogen (secondary N) is 2. The second kappa shape index (κ2) is 10.5. The minimum atomic E-state index is -0.0274. The average Bonchev–Trinajstić information content (AvgIpc) is 2.43. The van der Waals surface area contributed by atoms with Gasteiger partial charge in [0.15, 0.2) is 0 Å². The molecule has 0 aromatic heterocycles. The van der Waals surface area contributed by atoms with E-state index in [1.54, 1.807) is 0 Å². The van der Waals surface area contributed by atoms with E-state index in [1.165, 1.54) is 0 Å². The minimum absolute atomic E-state index is 0. The van der Waals surface area contributed by atoms with E-state index in [2.05, 4.69) is 24.5 Å². The standard InChI is InChI=1S/C16H26N2O2.ClH/c1-12(2)11-20-15-7-5-6-14(8-15)10-18-16(19)13(3)9-17-4;/h5-8,12-13,17H,9-11H2,1-4H3,(H,18,19);1H. The van der Waals surface area contributed by atoms with E-state index < -0.39 is 0 Å². The summed E-state index contributed by atoms with van der Waals surface area (Å²) in [4.78, 5) is 11.8. The number of carbonyl (C=O) groups excluding carboxylic acids is 1. The van der Waals surface area contributed by atoms with Crippen LogP contribution >= 0.6 is 12.4 Å². The fraction of sp³-hybridized carbons (Fsp3) is 0.562. The van der Waals surface area contributed by atoms with Crippen molar-refractivity contribution in [3.05, 3.63) is 29.8 Å². The predicted octanol–water partition coefficient (Wildman–Crippen LogP) is 2.61. The molecule has 0 aliphatic rings. The molecule has 0 bridgehead atoms. The third-order valence-electron chi connectivity index (χ3n) is 2.91. The number of rotatable bonds is 8. The summed E-state index contributed by atoms with van der Waals surface area (Å²) in [6, 6.07) is 7.86. The number of hydrogen-bond donors (Lipinski definition) is 2. The van der Waals surface area contributed by atoms with Crippen molar-refractivity contribution >= 4 is 18.3 Å². The largest absolute Gasteiger partial charge is 0.493 e. The van der Waals surface area contributed by atoms with Crippen LogP contribution < -0.4 is 15.4 Å². The minimum Gasteiger partial charge on any atom is -0.493 e. The molecule has 1 amide bonds. The summed E-state index contributed by atoms with van der Waals surface area (Å²) in [6.45, 7) is 8.07. The molecule has 0 aliphatic heterocycles. The summed E-state index contributed by atoms with van der Waals surface area (Å²) in [5.41, 5.74) is 1.05. The molecule has 0 radical (unpaired) electrons. The number of amides is 1. The van der Waals surface area contributed by atoms with Crippen LogP contribution in [0.2, 0.25) is 0 Å². The number of hydrogen-bond acceptors (Lipinski definition) is 3. The Morgan fingerprint density at radius 3 is 2.62 bits per heavy atom. The Morgan fingerprint density at radius 2 is 2.00 bits per heavy atom. The van der Waals surface area contributed by atoms with E-state index in [-0.39, 0.29) is 24.2 Å². The highest BCUT2D eigenvalue weighted by atomic mass is 35.5. The van der Waals surface area contributed by atoms with Crippen LogP contribution in [0.4, 0.5) is 0 Å². The van der Waals surface area contributed by atoms with Gasteiger partial charge in [-0.25, -0.2) is 0 Å². The molecule has 1 unspecified atom stereocenters. The molecular formula is C16H27ClN2O2. The van der Waals surface area contributed by atoms with Gasteiger partial charge in [-0.1, -0.05) is 32.9 Å². The van der Waals surface area contributed by atoms with Crippen LogP contribution in [-0.4, -0.2) is 26.1 Å². The SMILES string of the molecule is CNCC(C)C(=O)NCc1cccc(OCC(C)C)c1.Cl. The molecule has 0 heterocycles. The Hall–Kier alpha value is -1.26. The van der Waals surface area contributed by atoms with Gasteiger partial charge in [0.25, 0.3) is 0 Å². The molecule has 21 heavy (non-hydrogen) atoms. The van der Waals surface area contributed by atoms with Gasteiger partial charge in [0.2, 0.25) is 5.91 Å². The van der Waals surface area contributed by atoms with Gasteiger partial charge in [0, 0.05) is 19.0 Å². The summed E-state index contributed by atoms with van der Waals surface area (Å²) in [5, 5.41) is 5.94. The van der Waals surface area contributed by atoms with Crippen molar-refractivity contribution in [3.63, 3.8) is 0 Å². The fourth-order valence-corrected chi connectivity index (χ4v) is 1.77. The lowest BCUT2D eigenvalue weighted by Crippen LogP contribution is -2.33. The van der Waals surface area contributed by atoms with Crippen molar-refractivity contribution in [1.82, 2.24) is 10.6 Å². The van der Waals surface area contributed by atoms with Gasteiger partial charge >= 0.3 is 0 Å². The highest BCUT2D eigenvalue weighted by molar-refractivity contribution is 5.85. The first-order valence-corrected chi connectivity index (χ1v) is 7.17. The Morgan fingerprint density at radius 1 is 1.29 bits per heavy atom. The third kappa shape index (κ3) is 7.93. The maximum Gasteiger partial charge on any atom is 0.224 e. The summed E-state index contributed by atoms with van der Waals surface area (Å²) >= 11 is 0. The van der Waals surface area contributed by atoms with Crippen LogP contribution in [-0.2, 0) is 11.3 Å². The molecule has 1 atom stereocenters. The van der Waals surface area contributed by atoms with E-state index in [0.717, 1.165) is 11.3 Å². The van der Waals surface area contributed by atoms with E-state index >= 15 is 0 Å². The smallest absolute Gasteiger partial charge is 0.224 e. The van der Waals surface area contributed by atoms with Gasteiger partial charge in [0.1, 0.15) is 5.75 Å². The van der Waals surface area contributed by atoms with Crippen molar-refractivity contribution in [2.75, 3.05) is 20.2 Å². The summed E-state index contributed by atoms with van der Waals surface area (Å²) in [6.07, 6.45) is 0. The first kappa shape index (κ1) is 19.7. The highest BCUT2D eigenvalue weighted by Gasteiger charge is 2.11. The number of benzene rings is 1. The van der Waals surface area contributed by atoms with E-state index in [0.29, 0.717) is 25.6 Å². The van der Waals surface area contributed by atoms with Crippen LogP contribution in [0, 0.1) is 11.8 Å². The van der Waals surface area contributed by atoms with Crippen molar-refractivity contribution in [2.24, 2.45) is 11.8 Å². The van der Waals surface area contributed by atoms with Crippen molar-refractivity contribution in [3.8, 4) is 5.75 Å². The topological polar surface area (TPSA) is 50.4 Å². The number of ether oxygens (including phenoxy) is 1. The van der Waals surface area contributed by atoms with E-state index in [1.807, 2.05) is 38.2 Å². The molecule has 0 spiro atoms. The maximum atomic E-state index is 11.8. The molecule has 0 saturated carbocycles. The van der Waals surface area contributed by atoms with Crippen LogP contribution in [0.15, 0.2) is 24.3 Å². The zero-order chi connectivity index (χ0) is 15.0. The highest BCUT2D eigenvalue weighted by Crippen LogP contribution is 2.14. The molecule has 0 aliphatic carbocycles. The molecule has 2 N–H and O–H groups in total. The maximum absolute atomic E-state index is 11.8. The second-order valence-electron chi connectivity index (χ2n) is 5.53. The molecular weight excluding hydrogens is 288 g/mol. The zero-order valence-electron chi connectivity index (χ0n) is 13.3. The van der Waals surface area contributed by atoms with E-state index in [4.69, 9.17) is 4.74 Å². The quantitative estimate of drug-likeness (QED) is 0.775. The Bertz CT molecular complexity index is 424. The zero-order valence-corrected chi connectivity index (χ0v) is 14.1. The first-order chi connectivity index (χ1) is 9.52. The lowest BCUT2D eigenvalue weighted by atomic mass is 10.1. The lowest BCUT2D eigenvalue weighted by molar-refractivity contribution is -0.124. The van der Waals surface area contributed by atoms with Gasteiger partial charge in [-0.3, -0.25) is 4.79 Å². The van der Waals surface area contributed by atoms with E-state index in [9.17, 15) is 4.79 Å². The summed E-state index contributed by atoms with van der Waals surface area (Å²) in [7, 11) is 1.85. The molecule has 4 nitrogen and oxygen atoms in total. The molecule has 120 valence electrons. The lowest BCUT2D eigenvalue weighted by Gasteiger charge is -2.13. The number of halogens is 1. The Balaban J connectivity index is 0.00000400. The van der Waals surface area contributed by atoms with Crippen LogP contribution in [0.5, 0.6) is 5.75 Å². The molecule has 0 fully saturated rings. The predicted molar refractivity (Wildman–Crippen MR) is 89.0 cm³/mol. The summed E-state index contributed by atoms with van der Waals surface area (Å²) in [5.74, 6) is 1.39. The van der Waals surface area contributed by atoms with Crippen LogP contribution in [0.1, 0.15) is 26.3 Å². The van der Waals surface area contributed by atoms with Gasteiger partial charge in [-0.15, -0.1) is 12.4 Å². The number of carbonyl (C=O) groups is 1. The molecule has 5 heteroatoms. The van der Waals surface area contributed by atoms with Gasteiger partial charge < -0.3 is 15.4 Å². The average molecular weight is 315 g/mol. The summed E-state index contributed by atoms with van der Waals surface area (Å²) < 4.78 is 5.68. The monoisotopic (exact) mass is 314 g/mol.